The molecule has 2 aromatic rings. The average Bonchev–Trinajstić information content (AvgIpc) is 2.80. The molecule has 0 aliphatic carbocycles. The van der Waals surface area contributed by atoms with Gasteiger partial charge in [0, 0.05) is 24.5 Å². The van der Waals surface area contributed by atoms with Crippen LogP contribution in [0.4, 0.5) is 16.2 Å². The lowest BCUT2D eigenvalue weighted by Gasteiger charge is -2.33. The Labute approximate surface area is 193 Å². The van der Waals surface area contributed by atoms with Crippen LogP contribution < -0.4 is 16.0 Å². The van der Waals surface area contributed by atoms with Crippen molar-refractivity contribution in [1.82, 2.24) is 0 Å². The second-order valence-corrected chi connectivity index (χ2v) is 8.26. The van der Waals surface area contributed by atoms with Crippen molar-refractivity contribution in [2.75, 3.05) is 29.9 Å². The standard InChI is InChI=1S/C25H31N3O5/c1-3-33-25(32)27-19-11-12-21(28-13-5-4-6-14-28)20(15-19)16(2)22(23(26)29)17-7-9-18(10-8-17)24(30)31/h7-12,15-16,22H,3-6,13-14H2,1-2H3,(H2,26,29)(H,27,32)(H,30,31). The molecule has 3 rings (SSSR count). The maximum atomic E-state index is 12.6. The number of carbonyl (C=O) groups is 3. The predicted octanol–water partition coefficient (Wildman–Crippen LogP) is 4.32. The van der Waals surface area contributed by atoms with Gasteiger partial charge in [0.2, 0.25) is 5.91 Å². The minimum atomic E-state index is -1.03. The van der Waals surface area contributed by atoms with Crippen LogP contribution in [0.5, 0.6) is 0 Å². The molecule has 1 saturated heterocycles. The predicted molar refractivity (Wildman–Crippen MR) is 127 cm³/mol. The van der Waals surface area contributed by atoms with Crippen LogP contribution >= 0.6 is 0 Å². The number of nitrogens with two attached hydrogens (primary N) is 1. The summed E-state index contributed by atoms with van der Waals surface area (Å²) in [6.45, 7) is 5.76. The summed E-state index contributed by atoms with van der Waals surface area (Å²) in [6, 6.07) is 11.9. The van der Waals surface area contributed by atoms with Gasteiger partial charge in [-0.3, -0.25) is 10.1 Å². The van der Waals surface area contributed by atoms with Crippen molar-refractivity contribution < 1.29 is 24.2 Å². The molecule has 2 atom stereocenters. The van der Waals surface area contributed by atoms with Gasteiger partial charge in [0.25, 0.3) is 0 Å². The molecule has 0 saturated carbocycles. The Morgan fingerprint density at radius 1 is 1.09 bits per heavy atom. The number of aromatic carboxylic acids is 1. The van der Waals surface area contributed by atoms with Crippen LogP contribution in [-0.2, 0) is 9.53 Å². The van der Waals surface area contributed by atoms with Gasteiger partial charge in [-0.2, -0.15) is 0 Å². The maximum absolute atomic E-state index is 12.6. The largest absolute Gasteiger partial charge is 0.478 e. The summed E-state index contributed by atoms with van der Waals surface area (Å²) in [5.41, 5.74) is 9.08. The van der Waals surface area contributed by atoms with Crippen LogP contribution in [0.25, 0.3) is 0 Å². The number of hydrogen-bond donors (Lipinski definition) is 3. The van der Waals surface area contributed by atoms with E-state index in [2.05, 4.69) is 10.2 Å². The first kappa shape index (κ1) is 24.1. The van der Waals surface area contributed by atoms with E-state index in [4.69, 9.17) is 10.5 Å². The molecule has 8 nitrogen and oxygen atoms in total. The SMILES string of the molecule is CCOC(=O)Nc1ccc(N2CCCCC2)c(C(C)C(C(N)=O)c2ccc(C(=O)O)cc2)c1. The van der Waals surface area contributed by atoms with Crippen LogP contribution in [0.15, 0.2) is 42.5 Å². The first-order valence-electron chi connectivity index (χ1n) is 11.3. The molecule has 0 radical (unpaired) electrons. The lowest BCUT2D eigenvalue weighted by molar-refractivity contribution is -0.119. The van der Waals surface area contributed by atoms with Gasteiger partial charge in [0.1, 0.15) is 0 Å². The normalized spacial score (nSPS) is 15.4. The number of rotatable bonds is 8. The zero-order valence-electron chi connectivity index (χ0n) is 19.0. The van der Waals surface area contributed by atoms with Crippen LogP contribution in [0.3, 0.4) is 0 Å². The molecule has 2 aromatic carbocycles. The highest BCUT2D eigenvalue weighted by molar-refractivity contribution is 5.89. The molecule has 0 bridgehead atoms. The summed E-state index contributed by atoms with van der Waals surface area (Å²) in [4.78, 5) is 38.1. The second-order valence-electron chi connectivity index (χ2n) is 8.26. The second kappa shape index (κ2) is 10.8. The Kier molecular flexibility index (Phi) is 7.92. The molecule has 2 amide bonds. The number of ether oxygens (including phenoxy) is 1. The van der Waals surface area contributed by atoms with Gasteiger partial charge in [-0.15, -0.1) is 0 Å². The summed E-state index contributed by atoms with van der Waals surface area (Å²) >= 11 is 0. The van der Waals surface area contributed by atoms with Crippen LogP contribution in [0.2, 0.25) is 0 Å². The number of nitrogens with one attached hydrogen (secondary N) is 1. The Balaban J connectivity index is 2.01. The zero-order valence-corrected chi connectivity index (χ0v) is 19.0. The first-order valence-corrected chi connectivity index (χ1v) is 11.3. The fraction of sp³-hybridized carbons (Fsp3) is 0.400. The molecule has 1 aliphatic heterocycles. The van der Waals surface area contributed by atoms with Crippen LogP contribution in [0, 0.1) is 0 Å². The summed E-state index contributed by atoms with van der Waals surface area (Å²) < 4.78 is 5.00. The van der Waals surface area contributed by atoms with Gasteiger partial charge in [-0.1, -0.05) is 19.1 Å². The number of carbonyl (C=O) groups excluding carboxylic acids is 2. The van der Waals surface area contributed by atoms with E-state index in [1.807, 2.05) is 25.1 Å². The fourth-order valence-corrected chi connectivity index (χ4v) is 4.42. The Morgan fingerprint density at radius 3 is 2.33 bits per heavy atom. The summed E-state index contributed by atoms with van der Waals surface area (Å²) in [6.07, 6.45) is 2.82. The molecule has 1 aliphatic rings. The monoisotopic (exact) mass is 453 g/mol. The molecule has 33 heavy (non-hydrogen) atoms. The average molecular weight is 454 g/mol. The highest BCUT2D eigenvalue weighted by Gasteiger charge is 2.30. The molecule has 1 heterocycles. The summed E-state index contributed by atoms with van der Waals surface area (Å²) in [5.74, 6) is -2.53. The molecular weight excluding hydrogens is 422 g/mol. The highest BCUT2D eigenvalue weighted by atomic mass is 16.5. The van der Waals surface area contributed by atoms with Crippen molar-refractivity contribution in [2.24, 2.45) is 5.73 Å². The zero-order chi connectivity index (χ0) is 24.0. The smallest absolute Gasteiger partial charge is 0.411 e. The highest BCUT2D eigenvalue weighted by Crippen LogP contribution is 2.40. The van der Waals surface area contributed by atoms with Crippen molar-refractivity contribution >= 4 is 29.3 Å². The lowest BCUT2D eigenvalue weighted by atomic mass is 9.80. The summed E-state index contributed by atoms with van der Waals surface area (Å²) in [5, 5.41) is 11.9. The maximum Gasteiger partial charge on any atom is 0.411 e. The Hall–Kier alpha value is -3.55. The van der Waals surface area contributed by atoms with Crippen molar-refractivity contribution in [3.8, 4) is 0 Å². The van der Waals surface area contributed by atoms with Gasteiger partial charge in [-0.05, 0) is 73.6 Å². The van der Waals surface area contributed by atoms with Crippen LogP contribution in [-0.4, -0.2) is 42.8 Å². The van der Waals surface area contributed by atoms with Gasteiger partial charge < -0.3 is 20.5 Å². The third kappa shape index (κ3) is 5.83. The van der Waals surface area contributed by atoms with Crippen molar-refractivity contribution in [3.63, 3.8) is 0 Å². The Bertz CT molecular complexity index is 1000. The topological polar surface area (TPSA) is 122 Å². The summed E-state index contributed by atoms with van der Waals surface area (Å²) in [7, 11) is 0. The third-order valence-corrected chi connectivity index (χ3v) is 6.06. The number of hydrogen-bond acceptors (Lipinski definition) is 5. The quantitative estimate of drug-likeness (QED) is 0.547. The molecule has 0 spiro atoms. The van der Waals surface area contributed by atoms with E-state index in [0.29, 0.717) is 11.3 Å². The van der Waals surface area contributed by atoms with E-state index in [9.17, 15) is 19.5 Å². The van der Waals surface area contributed by atoms with E-state index in [1.54, 1.807) is 19.1 Å². The van der Waals surface area contributed by atoms with Gasteiger partial charge in [-0.25, -0.2) is 9.59 Å². The minimum absolute atomic E-state index is 0.143. The molecule has 4 N–H and O–H groups in total. The number of carboxylic acids is 1. The number of piperidine rings is 1. The van der Waals surface area contributed by atoms with E-state index in [-0.39, 0.29) is 18.1 Å². The third-order valence-electron chi connectivity index (χ3n) is 6.06. The number of benzene rings is 2. The van der Waals surface area contributed by atoms with Gasteiger partial charge in [0.05, 0.1) is 18.1 Å². The lowest BCUT2D eigenvalue weighted by Crippen LogP contribution is -2.32. The number of amides is 2. The van der Waals surface area contributed by atoms with E-state index < -0.39 is 23.9 Å². The first-order chi connectivity index (χ1) is 15.8. The van der Waals surface area contributed by atoms with Gasteiger partial charge >= 0.3 is 12.1 Å². The molecule has 8 heteroatoms. The molecular formula is C25H31N3O5. The molecule has 0 aromatic heterocycles. The fourth-order valence-electron chi connectivity index (χ4n) is 4.42. The molecule has 176 valence electrons. The molecule has 1 fully saturated rings. The van der Waals surface area contributed by atoms with E-state index in [0.717, 1.165) is 37.2 Å². The van der Waals surface area contributed by atoms with Crippen molar-refractivity contribution in [1.29, 1.82) is 0 Å². The van der Waals surface area contributed by atoms with E-state index >= 15 is 0 Å². The number of primary amides is 1. The van der Waals surface area contributed by atoms with Crippen LogP contribution in [0.1, 0.15) is 66.4 Å². The van der Waals surface area contributed by atoms with E-state index in [1.165, 1.54) is 18.6 Å². The molecule has 2 unspecified atom stereocenters. The van der Waals surface area contributed by atoms with Gasteiger partial charge in [0.15, 0.2) is 0 Å². The minimum Gasteiger partial charge on any atom is -0.478 e. The number of carboxylic acid groups (broad SMARTS) is 1. The van der Waals surface area contributed by atoms with Crippen molar-refractivity contribution in [2.45, 2.75) is 44.9 Å². The number of nitrogens with zero attached hydrogens (tertiary/aromatic N) is 1. The Morgan fingerprint density at radius 2 is 1.76 bits per heavy atom. The van der Waals surface area contributed by atoms with Crippen molar-refractivity contribution in [3.05, 3.63) is 59.2 Å². The number of anilines is 2.